The number of hydrogen-bond acceptors (Lipinski definition) is 1. The highest BCUT2D eigenvalue weighted by Crippen LogP contribution is 2.30. The third-order valence-corrected chi connectivity index (χ3v) is 4.52. The zero-order chi connectivity index (χ0) is 16.4. The van der Waals surface area contributed by atoms with E-state index in [-0.39, 0.29) is 11.8 Å². The lowest BCUT2D eigenvalue weighted by Gasteiger charge is -2.23. The molecule has 3 rings (SSSR count). The van der Waals surface area contributed by atoms with Crippen LogP contribution in [0.25, 0.3) is 10.8 Å². The maximum Gasteiger partial charge on any atom is 0.234 e. The van der Waals surface area contributed by atoms with Gasteiger partial charge in [0.25, 0.3) is 0 Å². The maximum atomic E-state index is 12.9. The summed E-state index contributed by atoms with van der Waals surface area (Å²) in [6, 6.07) is 21.6. The van der Waals surface area contributed by atoms with E-state index in [1.54, 1.807) is 18.0 Å². The van der Waals surface area contributed by atoms with Crippen LogP contribution in [0.15, 0.2) is 66.7 Å². The first-order valence-corrected chi connectivity index (χ1v) is 7.97. The Morgan fingerprint density at radius 2 is 1.61 bits per heavy atom. The molecule has 0 N–H and O–H groups in total. The highest BCUT2D eigenvalue weighted by Gasteiger charge is 2.22. The van der Waals surface area contributed by atoms with E-state index in [9.17, 15) is 4.79 Å². The van der Waals surface area contributed by atoms with Crippen molar-refractivity contribution in [3.63, 3.8) is 0 Å². The van der Waals surface area contributed by atoms with Crippen molar-refractivity contribution in [2.24, 2.45) is 0 Å². The summed E-state index contributed by atoms with van der Waals surface area (Å²) in [6.07, 6.45) is 0. The van der Waals surface area contributed by atoms with E-state index >= 15 is 0 Å². The van der Waals surface area contributed by atoms with Crippen molar-refractivity contribution >= 4 is 34.0 Å². The Kier molecular flexibility index (Phi) is 4.35. The van der Waals surface area contributed by atoms with Gasteiger partial charge in [-0.2, -0.15) is 0 Å². The van der Waals surface area contributed by atoms with Crippen LogP contribution in [0.3, 0.4) is 0 Å². The highest BCUT2D eigenvalue weighted by atomic mass is 35.5. The molecule has 0 fully saturated rings. The van der Waals surface area contributed by atoms with Crippen LogP contribution in [-0.2, 0) is 4.79 Å². The number of nitrogens with zero attached hydrogens (tertiary/aromatic N) is 1. The molecule has 23 heavy (non-hydrogen) atoms. The number of rotatable bonds is 3. The second-order valence-corrected chi connectivity index (χ2v) is 6.05. The predicted octanol–water partition coefficient (Wildman–Crippen LogP) is 5.26. The summed E-state index contributed by atoms with van der Waals surface area (Å²) in [6.45, 7) is 1.94. The summed E-state index contributed by atoms with van der Waals surface area (Å²) in [5.74, 6) is -0.225. The van der Waals surface area contributed by atoms with Gasteiger partial charge in [-0.1, -0.05) is 66.2 Å². The normalized spacial score (nSPS) is 12.1. The Balaban J connectivity index is 1.97. The second-order valence-electron chi connectivity index (χ2n) is 5.64. The van der Waals surface area contributed by atoms with Gasteiger partial charge in [-0.25, -0.2) is 0 Å². The molecular formula is C20H18ClNO. The molecule has 1 atom stereocenters. The molecule has 0 radical (unpaired) electrons. The molecule has 0 bridgehead atoms. The van der Waals surface area contributed by atoms with Crippen molar-refractivity contribution in [1.29, 1.82) is 0 Å². The average molecular weight is 324 g/mol. The van der Waals surface area contributed by atoms with Gasteiger partial charge < -0.3 is 4.90 Å². The van der Waals surface area contributed by atoms with Crippen LogP contribution in [0.4, 0.5) is 5.69 Å². The minimum atomic E-state index is -0.248. The van der Waals surface area contributed by atoms with Crippen LogP contribution in [0.2, 0.25) is 5.02 Å². The SMILES string of the molecule is CC(C(=O)N(C)c1ccccc1Cl)c1cccc2ccccc12. The van der Waals surface area contributed by atoms with Gasteiger partial charge in [-0.3, -0.25) is 4.79 Å². The van der Waals surface area contributed by atoms with E-state index in [4.69, 9.17) is 11.6 Å². The van der Waals surface area contributed by atoms with E-state index in [1.165, 1.54) is 0 Å². The quantitative estimate of drug-likeness (QED) is 0.644. The van der Waals surface area contributed by atoms with E-state index in [0.29, 0.717) is 5.02 Å². The van der Waals surface area contributed by atoms with Crippen molar-refractivity contribution < 1.29 is 4.79 Å². The number of anilines is 1. The van der Waals surface area contributed by atoms with Gasteiger partial charge in [0.05, 0.1) is 16.6 Å². The van der Waals surface area contributed by atoms with Crippen molar-refractivity contribution in [3.05, 3.63) is 77.3 Å². The van der Waals surface area contributed by atoms with Crippen LogP contribution < -0.4 is 4.90 Å². The first-order valence-electron chi connectivity index (χ1n) is 7.59. The standard InChI is InChI=1S/C20H18ClNO/c1-14(16-11-7-9-15-8-3-4-10-17(15)16)20(23)22(2)19-13-6-5-12-18(19)21/h3-14H,1-2H3. The number of likely N-dealkylation sites (N-methyl/N-ethyl adjacent to an activating group) is 1. The van der Waals surface area contributed by atoms with E-state index < -0.39 is 0 Å². The molecule has 1 amide bonds. The van der Waals surface area contributed by atoms with Gasteiger partial charge in [-0.15, -0.1) is 0 Å². The zero-order valence-electron chi connectivity index (χ0n) is 13.2. The summed E-state index contributed by atoms with van der Waals surface area (Å²) >= 11 is 6.22. The highest BCUT2D eigenvalue weighted by molar-refractivity contribution is 6.33. The fourth-order valence-electron chi connectivity index (χ4n) is 2.89. The number of amides is 1. The number of carbonyl (C=O) groups is 1. The first-order chi connectivity index (χ1) is 11.1. The smallest absolute Gasteiger partial charge is 0.234 e. The molecule has 3 aromatic carbocycles. The fraction of sp³-hybridized carbons (Fsp3) is 0.150. The van der Waals surface area contributed by atoms with Crippen LogP contribution in [0, 0.1) is 0 Å². The Morgan fingerprint density at radius 1 is 0.957 bits per heavy atom. The number of benzene rings is 3. The van der Waals surface area contributed by atoms with Crippen LogP contribution in [0.5, 0.6) is 0 Å². The van der Waals surface area contributed by atoms with Gasteiger partial charge in [-0.05, 0) is 35.4 Å². The van der Waals surface area contributed by atoms with Gasteiger partial charge in [0, 0.05) is 7.05 Å². The van der Waals surface area contributed by atoms with Gasteiger partial charge in [0.2, 0.25) is 5.91 Å². The second kappa shape index (κ2) is 6.43. The van der Waals surface area contributed by atoms with Gasteiger partial charge in [0.15, 0.2) is 0 Å². The molecular weight excluding hydrogens is 306 g/mol. The molecule has 0 aliphatic carbocycles. The van der Waals surface area contributed by atoms with Gasteiger partial charge in [0.1, 0.15) is 0 Å². The molecule has 0 aromatic heterocycles. The monoisotopic (exact) mass is 323 g/mol. The summed E-state index contributed by atoms with van der Waals surface area (Å²) in [7, 11) is 1.77. The van der Waals surface area contributed by atoms with Crippen LogP contribution in [0.1, 0.15) is 18.4 Å². The summed E-state index contributed by atoms with van der Waals surface area (Å²) in [5, 5.41) is 2.84. The number of para-hydroxylation sites is 1. The molecule has 0 aliphatic heterocycles. The third kappa shape index (κ3) is 2.95. The molecule has 3 aromatic rings. The molecule has 3 heteroatoms. The molecule has 0 aliphatic rings. The largest absolute Gasteiger partial charge is 0.314 e. The average Bonchev–Trinajstić information content (AvgIpc) is 2.60. The molecule has 0 saturated heterocycles. The number of halogens is 1. The van der Waals surface area contributed by atoms with E-state index in [0.717, 1.165) is 22.0 Å². The van der Waals surface area contributed by atoms with Gasteiger partial charge >= 0.3 is 0 Å². The summed E-state index contributed by atoms with van der Waals surface area (Å²) in [5.41, 5.74) is 1.76. The minimum Gasteiger partial charge on any atom is -0.314 e. The zero-order valence-corrected chi connectivity index (χ0v) is 13.9. The molecule has 0 spiro atoms. The molecule has 2 nitrogen and oxygen atoms in total. The lowest BCUT2D eigenvalue weighted by Crippen LogP contribution is -2.30. The molecule has 1 unspecified atom stereocenters. The van der Waals surface area contributed by atoms with Crippen molar-refractivity contribution in [3.8, 4) is 0 Å². The number of carbonyl (C=O) groups excluding carboxylic acids is 1. The number of fused-ring (bicyclic) bond motifs is 1. The summed E-state index contributed by atoms with van der Waals surface area (Å²) < 4.78 is 0. The van der Waals surface area contributed by atoms with Crippen molar-refractivity contribution in [2.45, 2.75) is 12.8 Å². The Labute approximate surface area is 141 Å². The minimum absolute atomic E-state index is 0.0226. The lowest BCUT2D eigenvalue weighted by molar-refractivity contribution is -0.119. The third-order valence-electron chi connectivity index (χ3n) is 4.20. The predicted molar refractivity (Wildman–Crippen MR) is 97.2 cm³/mol. The molecule has 116 valence electrons. The van der Waals surface area contributed by atoms with E-state index in [1.807, 2.05) is 49.4 Å². The van der Waals surface area contributed by atoms with Crippen molar-refractivity contribution in [2.75, 3.05) is 11.9 Å². The molecule has 0 saturated carbocycles. The lowest BCUT2D eigenvalue weighted by atomic mass is 9.93. The topological polar surface area (TPSA) is 20.3 Å². The Bertz CT molecular complexity index is 854. The van der Waals surface area contributed by atoms with Crippen molar-refractivity contribution in [1.82, 2.24) is 0 Å². The van der Waals surface area contributed by atoms with E-state index in [2.05, 4.69) is 18.2 Å². The summed E-state index contributed by atoms with van der Waals surface area (Å²) in [4.78, 5) is 14.5. The van der Waals surface area contributed by atoms with Crippen LogP contribution >= 0.6 is 11.6 Å². The first kappa shape index (κ1) is 15.6. The maximum absolute atomic E-state index is 12.9. The Hall–Kier alpha value is -2.32. The number of hydrogen-bond donors (Lipinski definition) is 0. The fourth-order valence-corrected chi connectivity index (χ4v) is 3.16. The molecule has 0 heterocycles. The Morgan fingerprint density at radius 3 is 2.39 bits per heavy atom. The van der Waals surface area contributed by atoms with Crippen LogP contribution in [-0.4, -0.2) is 13.0 Å².